The van der Waals surface area contributed by atoms with Gasteiger partial charge in [-0.3, -0.25) is 0 Å². The Kier molecular flexibility index (Phi) is 4.89. The smallest absolute Gasteiger partial charge is 0.151 e. The van der Waals surface area contributed by atoms with E-state index in [1.165, 1.54) is 5.56 Å². The Hall–Kier alpha value is -5.32. The van der Waals surface area contributed by atoms with Crippen LogP contribution < -0.4 is 9.64 Å². The van der Waals surface area contributed by atoms with Crippen LogP contribution in [0.15, 0.2) is 103 Å². The molecule has 1 heterocycles. The molecule has 0 atom stereocenters. The van der Waals surface area contributed by atoms with Crippen LogP contribution in [0.25, 0.3) is 22.3 Å². The average molecular weight is 502 g/mol. The summed E-state index contributed by atoms with van der Waals surface area (Å²) in [7, 11) is 0. The summed E-state index contributed by atoms with van der Waals surface area (Å²) >= 11 is 0. The molecular weight excluding hydrogens is 478 g/mol. The summed E-state index contributed by atoms with van der Waals surface area (Å²) in [6, 6.07) is 38.9. The molecule has 0 saturated carbocycles. The highest BCUT2D eigenvalue weighted by molar-refractivity contribution is 5.97. The van der Waals surface area contributed by atoms with Gasteiger partial charge in [0.25, 0.3) is 0 Å². The number of fused-ring (bicyclic) bond motifs is 5. The van der Waals surface area contributed by atoms with E-state index in [4.69, 9.17) is 4.74 Å². The number of hydrogen-bond acceptors (Lipinski definition) is 4. The molecule has 5 aromatic rings. The van der Waals surface area contributed by atoms with Crippen LogP contribution in [0.4, 0.5) is 17.1 Å². The standard InChI is InChI=1S/C35H23N3O/c1-35(2)33-24(12-8-14-26(33)32-22(20-36)10-7-11-23(32)21-37)25-13-9-17-29(34(25)35)38-27-15-3-5-18-30(27)39-31-19-6-4-16-28(31)38/h3-19H,1-2H3. The molecule has 2 aliphatic rings. The fraction of sp³-hybridized carbons (Fsp3) is 0.0857. The lowest BCUT2D eigenvalue weighted by Gasteiger charge is -2.36. The van der Waals surface area contributed by atoms with Gasteiger partial charge in [-0.1, -0.05) is 74.5 Å². The summed E-state index contributed by atoms with van der Waals surface area (Å²) in [6.07, 6.45) is 0. The molecule has 39 heavy (non-hydrogen) atoms. The van der Waals surface area contributed by atoms with Crippen molar-refractivity contribution in [3.05, 3.63) is 125 Å². The molecule has 0 N–H and O–H groups in total. The van der Waals surface area contributed by atoms with Crippen LogP contribution in [-0.4, -0.2) is 0 Å². The first-order chi connectivity index (χ1) is 19.0. The molecule has 1 aliphatic heterocycles. The van der Waals surface area contributed by atoms with Gasteiger partial charge in [-0.25, -0.2) is 0 Å². The van der Waals surface area contributed by atoms with E-state index in [-0.39, 0.29) is 0 Å². The van der Waals surface area contributed by atoms with Crippen LogP contribution in [0, 0.1) is 22.7 Å². The second-order valence-corrected chi connectivity index (χ2v) is 10.4. The van der Waals surface area contributed by atoms with E-state index in [9.17, 15) is 10.5 Å². The van der Waals surface area contributed by atoms with E-state index in [0.717, 1.165) is 50.8 Å². The molecule has 4 heteroatoms. The SMILES string of the molecule is CC1(C)c2c(cccc2-c2c(C#N)cccc2C#N)-c2cccc(N3c4ccccc4Oc4ccccc43)c21. The third-order valence-electron chi connectivity index (χ3n) is 7.89. The highest BCUT2D eigenvalue weighted by atomic mass is 16.5. The molecule has 1 aliphatic carbocycles. The van der Waals surface area contributed by atoms with Crippen molar-refractivity contribution >= 4 is 17.1 Å². The predicted octanol–water partition coefficient (Wildman–Crippen LogP) is 8.98. The molecule has 4 nitrogen and oxygen atoms in total. The van der Waals surface area contributed by atoms with E-state index in [1.54, 1.807) is 18.2 Å². The molecular formula is C35H23N3O. The van der Waals surface area contributed by atoms with E-state index >= 15 is 0 Å². The van der Waals surface area contributed by atoms with Gasteiger partial charge in [0.1, 0.15) is 0 Å². The van der Waals surface area contributed by atoms with Crippen LogP contribution in [-0.2, 0) is 5.41 Å². The summed E-state index contributed by atoms with van der Waals surface area (Å²) in [5.74, 6) is 1.62. The molecule has 5 aromatic carbocycles. The second-order valence-electron chi connectivity index (χ2n) is 10.4. The van der Waals surface area contributed by atoms with E-state index in [0.29, 0.717) is 16.7 Å². The first-order valence-electron chi connectivity index (χ1n) is 12.9. The van der Waals surface area contributed by atoms with Gasteiger partial charge in [0.15, 0.2) is 11.5 Å². The number of rotatable bonds is 2. The number of nitrogens with zero attached hydrogens (tertiary/aromatic N) is 3. The van der Waals surface area contributed by atoms with Crippen molar-refractivity contribution in [3.8, 4) is 45.9 Å². The number of hydrogen-bond donors (Lipinski definition) is 0. The third-order valence-corrected chi connectivity index (χ3v) is 7.89. The molecule has 0 amide bonds. The van der Waals surface area contributed by atoms with E-state index in [2.05, 4.69) is 67.3 Å². The number of benzene rings is 5. The number of anilines is 3. The fourth-order valence-electron chi connectivity index (χ4n) is 6.38. The van der Waals surface area contributed by atoms with Gasteiger partial charge in [-0.15, -0.1) is 0 Å². The molecule has 0 saturated heterocycles. The maximum atomic E-state index is 9.97. The van der Waals surface area contributed by atoms with E-state index < -0.39 is 5.41 Å². The summed E-state index contributed by atoms with van der Waals surface area (Å²) in [6.45, 7) is 4.48. The fourth-order valence-corrected chi connectivity index (χ4v) is 6.38. The minimum absolute atomic E-state index is 0.421. The van der Waals surface area contributed by atoms with E-state index in [1.807, 2.05) is 48.5 Å². The number of ether oxygens (including phenoxy) is 1. The normalized spacial score (nSPS) is 13.7. The minimum atomic E-state index is -0.421. The van der Waals surface area contributed by atoms with Crippen molar-refractivity contribution in [2.45, 2.75) is 19.3 Å². The summed E-state index contributed by atoms with van der Waals surface area (Å²) in [5, 5.41) is 19.9. The quantitative estimate of drug-likeness (QED) is 0.238. The van der Waals surface area contributed by atoms with Crippen LogP contribution in [0.2, 0.25) is 0 Å². The maximum Gasteiger partial charge on any atom is 0.151 e. The monoisotopic (exact) mass is 501 g/mol. The van der Waals surface area contributed by atoms with Crippen LogP contribution in [0.1, 0.15) is 36.1 Å². The molecule has 7 rings (SSSR count). The average Bonchev–Trinajstić information content (AvgIpc) is 3.22. The topological polar surface area (TPSA) is 60.0 Å². The Balaban J connectivity index is 1.52. The third kappa shape index (κ3) is 3.16. The largest absolute Gasteiger partial charge is 0.453 e. The summed E-state index contributed by atoms with van der Waals surface area (Å²) < 4.78 is 6.29. The van der Waals surface area contributed by atoms with Gasteiger partial charge >= 0.3 is 0 Å². The Labute approximate surface area is 227 Å². The predicted molar refractivity (Wildman–Crippen MR) is 154 cm³/mol. The molecule has 0 bridgehead atoms. The Morgan fingerprint density at radius 3 is 1.67 bits per heavy atom. The first-order valence-corrected chi connectivity index (χ1v) is 12.9. The zero-order chi connectivity index (χ0) is 26.7. The number of para-hydroxylation sites is 4. The Morgan fingerprint density at radius 2 is 1.05 bits per heavy atom. The zero-order valence-electron chi connectivity index (χ0n) is 21.6. The molecule has 184 valence electrons. The van der Waals surface area contributed by atoms with Crippen molar-refractivity contribution in [3.63, 3.8) is 0 Å². The van der Waals surface area contributed by atoms with Crippen LogP contribution in [0.5, 0.6) is 11.5 Å². The van der Waals surface area contributed by atoms with Crippen molar-refractivity contribution in [2.24, 2.45) is 0 Å². The lowest BCUT2D eigenvalue weighted by atomic mass is 9.77. The first kappa shape index (κ1) is 22.8. The van der Waals surface area contributed by atoms with Crippen molar-refractivity contribution in [1.29, 1.82) is 10.5 Å². The van der Waals surface area contributed by atoms with Crippen LogP contribution in [0.3, 0.4) is 0 Å². The van der Waals surface area contributed by atoms with Crippen molar-refractivity contribution in [1.82, 2.24) is 0 Å². The van der Waals surface area contributed by atoms with Crippen molar-refractivity contribution < 1.29 is 4.74 Å². The number of nitriles is 2. The highest BCUT2D eigenvalue weighted by Crippen LogP contribution is 2.59. The van der Waals surface area contributed by atoms with Gasteiger partial charge in [0.05, 0.1) is 40.3 Å². The summed E-state index contributed by atoms with van der Waals surface area (Å²) in [4.78, 5) is 2.30. The second kappa shape index (κ2) is 8.35. The van der Waals surface area contributed by atoms with Crippen LogP contribution >= 0.6 is 0 Å². The minimum Gasteiger partial charge on any atom is -0.453 e. The summed E-state index contributed by atoms with van der Waals surface area (Å²) in [5.41, 5.74) is 9.87. The van der Waals surface area contributed by atoms with Gasteiger partial charge in [-0.2, -0.15) is 10.5 Å². The molecule has 0 spiro atoms. The van der Waals surface area contributed by atoms with Crippen molar-refractivity contribution in [2.75, 3.05) is 4.90 Å². The molecule has 0 fully saturated rings. The maximum absolute atomic E-state index is 9.97. The lowest BCUT2D eigenvalue weighted by Crippen LogP contribution is -2.23. The Bertz CT molecular complexity index is 1830. The molecule has 0 radical (unpaired) electrons. The van der Waals surface area contributed by atoms with Gasteiger partial charge < -0.3 is 9.64 Å². The highest BCUT2D eigenvalue weighted by Gasteiger charge is 2.42. The zero-order valence-corrected chi connectivity index (χ0v) is 21.6. The van der Waals surface area contributed by atoms with Gasteiger partial charge in [-0.05, 0) is 70.3 Å². The molecule has 0 aromatic heterocycles. The molecule has 0 unspecified atom stereocenters. The Morgan fingerprint density at radius 1 is 0.564 bits per heavy atom. The van der Waals surface area contributed by atoms with Gasteiger partial charge in [0.2, 0.25) is 0 Å². The lowest BCUT2D eigenvalue weighted by molar-refractivity contribution is 0.476. The van der Waals surface area contributed by atoms with Gasteiger partial charge in [0, 0.05) is 11.0 Å².